The van der Waals surface area contributed by atoms with E-state index >= 15 is 0 Å². The Bertz CT molecular complexity index is 497. The van der Waals surface area contributed by atoms with Crippen molar-refractivity contribution in [3.8, 4) is 5.88 Å². The molecule has 1 aromatic heterocycles. The molecule has 2 N–H and O–H groups in total. The molecule has 0 atom stereocenters. The molecule has 21 heavy (non-hydrogen) atoms. The summed E-state index contributed by atoms with van der Waals surface area (Å²) in [5.74, 6) is 0.578. The van der Waals surface area contributed by atoms with E-state index in [2.05, 4.69) is 9.98 Å². The van der Waals surface area contributed by atoms with E-state index in [1.165, 1.54) is 6.07 Å². The molecule has 1 heterocycles. The first-order valence-electron chi connectivity index (χ1n) is 6.56. The Morgan fingerprint density at radius 2 is 2.19 bits per heavy atom. The van der Waals surface area contributed by atoms with E-state index in [0.717, 1.165) is 25.1 Å². The molecule has 2 rings (SSSR count). The summed E-state index contributed by atoms with van der Waals surface area (Å²) in [6.45, 7) is 0.531. The zero-order valence-corrected chi connectivity index (χ0v) is 11.6. The largest absolute Gasteiger partial charge is 0.476 e. The summed E-state index contributed by atoms with van der Waals surface area (Å²) in [7, 11) is 1.88. The molecule has 1 fully saturated rings. The Morgan fingerprint density at radius 1 is 1.48 bits per heavy atom. The van der Waals surface area contributed by atoms with Gasteiger partial charge in [0.2, 0.25) is 5.88 Å². The average Bonchev–Trinajstić information content (AvgIpc) is 3.26. The lowest BCUT2D eigenvalue weighted by atomic mass is 10.3. The minimum Gasteiger partial charge on any atom is -0.476 e. The number of rotatable bonds is 5. The number of ether oxygens (including phenoxy) is 1. The van der Waals surface area contributed by atoms with Crippen LogP contribution in [-0.4, -0.2) is 42.1 Å². The minimum atomic E-state index is -4.39. The molecule has 5 nitrogen and oxygen atoms in total. The SMILES string of the molecule is CN(C(N)=NCCOc1ccc(C(F)(F)F)cn1)C1CC1. The van der Waals surface area contributed by atoms with Crippen LogP contribution < -0.4 is 10.5 Å². The molecule has 8 heteroatoms. The quantitative estimate of drug-likeness (QED) is 0.512. The molecule has 0 unspecified atom stereocenters. The van der Waals surface area contributed by atoms with Crippen molar-refractivity contribution in [3.05, 3.63) is 23.9 Å². The van der Waals surface area contributed by atoms with E-state index in [0.29, 0.717) is 18.5 Å². The summed E-state index contributed by atoms with van der Waals surface area (Å²) >= 11 is 0. The fourth-order valence-corrected chi connectivity index (χ4v) is 1.70. The second kappa shape index (κ2) is 6.19. The monoisotopic (exact) mass is 302 g/mol. The Hall–Kier alpha value is -1.99. The highest BCUT2D eigenvalue weighted by Gasteiger charge is 2.30. The first-order valence-corrected chi connectivity index (χ1v) is 6.56. The molecule has 1 aliphatic carbocycles. The molecule has 116 valence electrons. The highest BCUT2D eigenvalue weighted by molar-refractivity contribution is 5.78. The van der Waals surface area contributed by atoms with E-state index in [9.17, 15) is 13.2 Å². The molecule has 0 aliphatic heterocycles. The third-order valence-electron chi connectivity index (χ3n) is 3.13. The van der Waals surface area contributed by atoms with E-state index in [1.807, 2.05) is 11.9 Å². The predicted octanol–water partition coefficient (Wildman–Crippen LogP) is 1.89. The van der Waals surface area contributed by atoms with Gasteiger partial charge in [0.05, 0.1) is 12.1 Å². The van der Waals surface area contributed by atoms with Crippen molar-refractivity contribution in [1.82, 2.24) is 9.88 Å². The van der Waals surface area contributed by atoms with Crippen LogP contribution in [0.15, 0.2) is 23.3 Å². The maximum atomic E-state index is 12.3. The van der Waals surface area contributed by atoms with Gasteiger partial charge in [0.25, 0.3) is 0 Å². The molecule has 0 bridgehead atoms. The predicted molar refractivity (Wildman–Crippen MR) is 72.0 cm³/mol. The number of alkyl halides is 3. The summed E-state index contributed by atoms with van der Waals surface area (Å²) in [6.07, 6.45) is -1.40. The van der Waals surface area contributed by atoms with Gasteiger partial charge in [0.1, 0.15) is 6.61 Å². The Morgan fingerprint density at radius 3 is 2.71 bits per heavy atom. The maximum absolute atomic E-state index is 12.3. The van der Waals surface area contributed by atoms with E-state index in [-0.39, 0.29) is 12.5 Å². The molecule has 0 amide bonds. The van der Waals surface area contributed by atoms with Crippen LogP contribution in [0.25, 0.3) is 0 Å². The number of hydrogen-bond acceptors (Lipinski definition) is 3. The Labute approximate surface area is 120 Å². The van der Waals surface area contributed by atoms with Crippen molar-refractivity contribution >= 4 is 5.96 Å². The van der Waals surface area contributed by atoms with Crippen LogP contribution in [0.3, 0.4) is 0 Å². The van der Waals surface area contributed by atoms with Crippen LogP contribution in [0, 0.1) is 0 Å². The maximum Gasteiger partial charge on any atom is 0.417 e. The summed E-state index contributed by atoms with van der Waals surface area (Å²) in [5, 5.41) is 0. The first kappa shape index (κ1) is 15.4. The second-order valence-electron chi connectivity index (χ2n) is 4.81. The Balaban J connectivity index is 1.77. The first-order chi connectivity index (χ1) is 9.88. The number of aromatic nitrogens is 1. The number of nitrogens with zero attached hydrogens (tertiary/aromatic N) is 3. The van der Waals surface area contributed by atoms with Gasteiger partial charge in [0.15, 0.2) is 5.96 Å². The topological polar surface area (TPSA) is 63.7 Å². The highest BCUT2D eigenvalue weighted by atomic mass is 19.4. The molecule has 0 spiro atoms. The molecule has 1 aromatic rings. The summed E-state index contributed by atoms with van der Waals surface area (Å²) in [5.41, 5.74) is 4.98. The van der Waals surface area contributed by atoms with Gasteiger partial charge in [-0.15, -0.1) is 0 Å². The lowest BCUT2D eigenvalue weighted by Crippen LogP contribution is -2.36. The molecule has 1 aliphatic rings. The van der Waals surface area contributed by atoms with Gasteiger partial charge in [-0.05, 0) is 18.9 Å². The van der Waals surface area contributed by atoms with Gasteiger partial charge in [-0.25, -0.2) is 9.98 Å². The highest BCUT2D eigenvalue weighted by Crippen LogP contribution is 2.29. The van der Waals surface area contributed by atoms with Crippen LogP contribution in [0.4, 0.5) is 13.2 Å². The third-order valence-corrected chi connectivity index (χ3v) is 3.13. The van der Waals surface area contributed by atoms with Gasteiger partial charge in [0, 0.05) is 25.4 Å². The van der Waals surface area contributed by atoms with Crippen molar-refractivity contribution in [1.29, 1.82) is 0 Å². The van der Waals surface area contributed by atoms with Crippen LogP contribution in [0.5, 0.6) is 5.88 Å². The van der Waals surface area contributed by atoms with Crippen LogP contribution in [-0.2, 0) is 6.18 Å². The van der Waals surface area contributed by atoms with Gasteiger partial charge in [-0.3, -0.25) is 0 Å². The second-order valence-corrected chi connectivity index (χ2v) is 4.81. The number of aliphatic imine (C=N–C) groups is 1. The number of hydrogen-bond donors (Lipinski definition) is 1. The molecule has 0 radical (unpaired) electrons. The van der Waals surface area contributed by atoms with E-state index in [4.69, 9.17) is 10.5 Å². The van der Waals surface area contributed by atoms with Crippen molar-refractivity contribution in [2.45, 2.75) is 25.1 Å². The van der Waals surface area contributed by atoms with Gasteiger partial charge in [-0.2, -0.15) is 13.2 Å². The van der Waals surface area contributed by atoms with Crippen molar-refractivity contribution in [2.24, 2.45) is 10.7 Å². The molecule has 0 aromatic carbocycles. The number of halogens is 3. The molecule has 0 saturated heterocycles. The number of guanidine groups is 1. The van der Waals surface area contributed by atoms with Crippen molar-refractivity contribution in [2.75, 3.05) is 20.2 Å². The summed E-state index contributed by atoms with van der Waals surface area (Å²) in [6, 6.07) is 2.60. The zero-order valence-electron chi connectivity index (χ0n) is 11.6. The van der Waals surface area contributed by atoms with Crippen molar-refractivity contribution in [3.63, 3.8) is 0 Å². The number of pyridine rings is 1. The van der Waals surface area contributed by atoms with Gasteiger partial charge < -0.3 is 15.4 Å². The van der Waals surface area contributed by atoms with Crippen LogP contribution in [0.1, 0.15) is 18.4 Å². The van der Waals surface area contributed by atoms with Crippen LogP contribution >= 0.6 is 0 Å². The molecule has 1 saturated carbocycles. The normalized spacial score (nSPS) is 15.9. The van der Waals surface area contributed by atoms with Gasteiger partial charge in [-0.1, -0.05) is 0 Å². The summed E-state index contributed by atoms with van der Waals surface area (Å²) in [4.78, 5) is 9.66. The summed E-state index contributed by atoms with van der Waals surface area (Å²) < 4.78 is 42.3. The van der Waals surface area contributed by atoms with E-state index < -0.39 is 11.7 Å². The fourth-order valence-electron chi connectivity index (χ4n) is 1.70. The van der Waals surface area contributed by atoms with Crippen LogP contribution in [0.2, 0.25) is 0 Å². The smallest absolute Gasteiger partial charge is 0.417 e. The zero-order chi connectivity index (χ0) is 15.5. The fraction of sp³-hybridized carbons (Fsp3) is 0.538. The third kappa shape index (κ3) is 4.51. The lowest BCUT2D eigenvalue weighted by molar-refractivity contribution is -0.137. The number of nitrogens with two attached hydrogens (primary N) is 1. The lowest BCUT2D eigenvalue weighted by Gasteiger charge is -2.16. The standard InChI is InChI=1S/C13H17F3N4O/c1-20(10-3-4-10)12(17)18-6-7-21-11-5-2-9(8-19-11)13(14,15)16/h2,5,8,10H,3-4,6-7H2,1H3,(H2,17,18). The molecular formula is C13H17F3N4O. The Kier molecular flexibility index (Phi) is 4.54. The molecular weight excluding hydrogens is 285 g/mol. The average molecular weight is 302 g/mol. The van der Waals surface area contributed by atoms with Gasteiger partial charge >= 0.3 is 6.18 Å². The van der Waals surface area contributed by atoms with Crippen molar-refractivity contribution < 1.29 is 17.9 Å². The minimum absolute atomic E-state index is 0.132. The van der Waals surface area contributed by atoms with E-state index in [1.54, 1.807) is 0 Å².